The zero-order chi connectivity index (χ0) is 16.2. The predicted molar refractivity (Wildman–Crippen MR) is 90.9 cm³/mol. The molecule has 1 amide bonds. The maximum absolute atomic E-state index is 12.6. The fraction of sp³-hybridized carbons (Fsp3) is 0.412. The van der Waals surface area contributed by atoms with E-state index in [2.05, 4.69) is 15.2 Å². The molecule has 1 aromatic carbocycles. The number of ether oxygens (including phenoxy) is 1. The van der Waals surface area contributed by atoms with Gasteiger partial charge in [-0.2, -0.15) is 0 Å². The lowest BCUT2D eigenvalue weighted by atomic mass is 10.1. The maximum atomic E-state index is 12.6. The van der Waals surface area contributed by atoms with E-state index in [0.29, 0.717) is 16.1 Å². The smallest absolute Gasteiger partial charge is 0.253 e. The fourth-order valence-electron chi connectivity index (χ4n) is 2.84. The topological polar surface area (TPSA) is 54.5 Å². The Kier molecular flexibility index (Phi) is 5.10. The van der Waals surface area contributed by atoms with Crippen LogP contribution in [0.25, 0.3) is 10.9 Å². The minimum atomic E-state index is -0.119. The molecule has 2 heterocycles. The average Bonchev–Trinajstić information content (AvgIpc) is 2.56. The third-order valence-corrected chi connectivity index (χ3v) is 4.30. The third kappa shape index (κ3) is 3.80. The minimum absolute atomic E-state index is 0.0510. The fourth-order valence-corrected chi connectivity index (χ4v) is 3.05. The minimum Gasteiger partial charge on any atom is -0.379 e. The Balaban J connectivity index is 1.72. The van der Waals surface area contributed by atoms with Crippen molar-refractivity contribution in [1.29, 1.82) is 0 Å². The number of rotatable bonds is 4. The van der Waals surface area contributed by atoms with Crippen LogP contribution in [-0.2, 0) is 4.74 Å². The van der Waals surface area contributed by atoms with Gasteiger partial charge in [0.25, 0.3) is 5.91 Å². The van der Waals surface area contributed by atoms with Crippen molar-refractivity contribution in [2.45, 2.75) is 13.0 Å². The quantitative estimate of drug-likeness (QED) is 0.933. The highest BCUT2D eigenvalue weighted by molar-refractivity contribution is 6.36. The van der Waals surface area contributed by atoms with Crippen molar-refractivity contribution in [2.75, 3.05) is 32.8 Å². The molecule has 1 aromatic heterocycles. The molecule has 1 aliphatic rings. The first-order valence-corrected chi connectivity index (χ1v) is 8.17. The van der Waals surface area contributed by atoms with Crippen LogP contribution < -0.4 is 5.32 Å². The van der Waals surface area contributed by atoms with Crippen molar-refractivity contribution >= 4 is 28.4 Å². The van der Waals surface area contributed by atoms with E-state index in [-0.39, 0.29) is 11.9 Å². The second-order valence-electron chi connectivity index (χ2n) is 5.78. The van der Waals surface area contributed by atoms with Crippen molar-refractivity contribution in [1.82, 2.24) is 15.2 Å². The molecule has 0 aliphatic carbocycles. The lowest BCUT2D eigenvalue weighted by molar-refractivity contribution is 0.0342. The first-order chi connectivity index (χ1) is 11.1. The second-order valence-corrected chi connectivity index (χ2v) is 6.19. The lowest BCUT2D eigenvalue weighted by Crippen LogP contribution is -2.46. The number of morpholine rings is 1. The molecule has 0 radical (unpaired) electrons. The molecule has 5 nitrogen and oxygen atoms in total. The largest absolute Gasteiger partial charge is 0.379 e. The van der Waals surface area contributed by atoms with Crippen molar-refractivity contribution in [3.8, 4) is 0 Å². The molecule has 122 valence electrons. The molecule has 6 heteroatoms. The summed E-state index contributed by atoms with van der Waals surface area (Å²) >= 11 is 6.18. The number of halogens is 1. The number of amides is 1. The number of hydrogen-bond acceptors (Lipinski definition) is 4. The summed E-state index contributed by atoms with van der Waals surface area (Å²) in [5, 5.41) is 4.45. The molecule has 1 aliphatic heterocycles. The van der Waals surface area contributed by atoms with Crippen molar-refractivity contribution in [3.05, 3.63) is 41.0 Å². The van der Waals surface area contributed by atoms with Gasteiger partial charge in [-0.1, -0.05) is 11.6 Å². The number of nitrogens with zero attached hydrogens (tertiary/aromatic N) is 2. The number of benzene rings is 1. The molecule has 1 fully saturated rings. The van der Waals surface area contributed by atoms with E-state index in [9.17, 15) is 4.79 Å². The monoisotopic (exact) mass is 333 g/mol. The summed E-state index contributed by atoms with van der Waals surface area (Å²) in [5.41, 5.74) is 1.19. The third-order valence-electron chi connectivity index (χ3n) is 3.97. The van der Waals surface area contributed by atoms with Crippen molar-refractivity contribution in [2.24, 2.45) is 0 Å². The van der Waals surface area contributed by atoms with Crippen molar-refractivity contribution < 1.29 is 9.53 Å². The number of pyridine rings is 1. The van der Waals surface area contributed by atoms with Crippen LogP contribution in [0.1, 0.15) is 17.3 Å². The van der Waals surface area contributed by atoms with Crippen LogP contribution in [0.15, 0.2) is 30.5 Å². The molecule has 2 aromatic rings. The van der Waals surface area contributed by atoms with Crippen LogP contribution in [0.2, 0.25) is 5.02 Å². The molecule has 0 saturated carbocycles. The highest BCUT2D eigenvalue weighted by Gasteiger charge is 2.18. The summed E-state index contributed by atoms with van der Waals surface area (Å²) in [6, 6.07) is 7.21. The molecular weight excluding hydrogens is 314 g/mol. The molecule has 3 rings (SSSR count). The van der Waals surface area contributed by atoms with E-state index in [4.69, 9.17) is 16.3 Å². The molecule has 0 bridgehead atoms. The number of fused-ring (bicyclic) bond motifs is 1. The Labute approximate surface area is 140 Å². The van der Waals surface area contributed by atoms with Gasteiger partial charge in [0.05, 0.1) is 29.3 Å². The highest BCUT2D eigenvalue weighted by atomic mass is 35.5. The number of carbonyl (C=O) groups excluding carboxylic acids is 1. The number of hydrogen-bond donors (Lipinski definition) is 1. The van der Waals surface area contributed by atoms with Gasteiger partial charge in [-0.15, -0.1) is 0 Å². The van der Waals surface area contributed by atoms with Gasteiger partial charge in [-0.3, -0.25) is 14.7 Å². The Bertz CT molecular complexity index is 701. The molecular formula is C17H20ClN3O2. The van der Waals surface area contributed by atoms with E-state index in [1.807, 2.05) is 19.1 Å². The zero-order valence-corrected chi connectivity index (χ0v) is 13.8. The summed E-state index contributed by atoms with van der Waals surface area (Å²) in [6.07, 6.45) is 1.67. The Morgan fingerprint density at radius 1 is 1.39 bits per heavy atom. The van der Waals surface area contributed by atoms with Crippen LogP contribution in [0.5, 0.6) is 0 Å². The molecule has 1 N–H and O–H groups in total. The predicted octanol–water partition coefficient (Wildman–Crippen LogP) is 2.34. The first kappa shape index (κ1) is 16.2. The lowest BCUT2D eigenvalue weighted by Gasteiger charge is -2.29. The molecule has 1 unspecified atom stereocenters. The van der Waals surface area contributed by atoms with Gasteiger partial charge in [0.1, 0.15) is 0 Å². The summed E-state index contributed by atoms with van der Waals surface area (Å²) in [5.74, 6) is -0.119. The van der Waals surface area contributed by atoms with E-state index in [1.165, 1.54) is 0 Å². The number of aromatic nitrogens is 1. The first-order valence-electron chi connectivity index (χ1n) is 7.79. The summed E-state index contributed by atoms with van der Waals surface area (Å²) in [7, 11) is 0. The summed E-state index contributed by atoms with van der Waals surface area (Å²) < 4.78 is 5.34. The van der Waals surface area contributed by atoms with E-state index >= 15 is 0 Å². The Hall–Kier alpha value is -1.69. The van der Waals surface area contributed by atoms with Crippen LogP contribution >= 0.6 is 11.6 Å². The molecule has 1 saturated heterocycles. The number of carbonyl (C=O) groups is 1. The van der Waals surface area contributed by atoms with Gasteiger partial charge >= 0.3 is 0 Å². The van der Waals surface area contributed by atoms with Gasteiger partial charge in [-0.25, -0.2) is 0 Å². The second kappa shape index (κ2) is 7.25. The van der Waals surface area contributed by atoms with Crippen LogP contribution in [0.3, 0.4) is 0 Å². The van der Waals surface area contributed by atoms with Gasteiger partial charge in [-0.05, 0) is 31.2 Å². The Morgan fingerprint density at radius 2 is 2.17 bits per heavy atom. The van der Waals surface area contributed by atoms with E-state index < -0.39 is 0 Å². The summed E-state index contributed by atoms with van der Waals surface area (Å²) in [4.78, 5) is 19.2. The maximum Gasteiger partial charge on any atom is 0.253 e. The average molecular weight is 334 g/mol. The van der Waals surface area contributed by atoms with Gasteiger partial charge in [0.15, 0.2) is 0 Å². The van der Waals surface area contributed by atoms with E-state index in [0.717, 1.165) is 38.2 Å². The molecule has 1 atom stereocenters. The highest BCUT2D eigenvalue weighted by Crippen LogP contribution is 2.24. The SMILES string of the molecule is CC(CN1CCOCC1)NC(=O)c1ccc(Cl)c2cccnc12. The zero-order valence-electron chi connectivity index (χ0n) is 13.1. The number of nitrogens with one attached hydrogen (secondary N) is 1. The van der Waals surface area contributed by atoms with Crippen molar-refractivity contribution in [3.63, 3.8) is 0 Å². The molecule has 23 heavy (non-hydrogen) atoms. The molecule has 0 spiro atoms. The van der Waals surface area contributed by atoms with E-state index in [1.54, 1.807) is 18.3 Å². The van der Waals surface area contributed by atoms with Crippen LogP contribution in [0, 0.1) is 0 Å². The standard InChI is InChI=1S/C17H20ClN3O2/c1-12(11-21-7-9-23-10-8-21)20-17(22)14-4-5-15(18)13-3-2-6-19-16(13)14/h2-6,12H,7-11H2,1H3,(H,20,22). The Morgan fingerprint density at radius 3 is 2.96 bits per heavy atom. The van der Waals surface area contributed by atoms with Gasteiger partial charge < -0.3 is 10.1 Å². The van der Waals surface area contributed by atoms with Crippen LogP contribution in [-0.4, -0.2) is 54.7 Å². The van der Waals surface area contributed by atoms with Gasteiger partial charge in [0.2, 0.25) is 0 Å². The normalized spacial score (nSPS) is 17.1. The van der Waals surface area contributed by atoms with Crippen LogP contribution in [0.4, 0.5) is 0 Å². The summed E-state index contributed by atoms with van der Waals surface area (Å²) in [6.45, 7) is 6.16. The van der Waals surface area contributed by atoms with Gasteiger partial charge in [0, 0.05) is 37.3 Å².